The van der Waals surface area contributed by atoms with Crippen LogP contribution in [0.3, 0.4) is 0 Å². The summed E-state index contributed by atoms with van der Waals surface area (Å²) in [5.41, 5.74) is 2.87. The van der Waals surface area contributed by atoms with Crippen LogP contribution in [0.15, 0.2) is 76.4 Å². The first kappa shape index (κ1) is 25.8. The largest absolute Gasteiger partial charge is 0.459 e. The van der Waals surface area contributed by atoms with Crippen molar-refractivity contribution in [1.29, 1.82) is 0 Å². The zero-order valence-corrected chi connectivity index (χ0v) is 21.4. The zero-order chi connectivity index (χ0) is 26.5. The second-order valence-corrected chi connectivity index (χ2v) is 9.55. The summed E-state index contributed by atoms with van der Waals surface area (Å²) in [6.07, 6.45) is 1.81. The Bertz CT molecular complexity index is 1290. The van der Waals surface area contributed by atoms with Gasteiger partial charge in [0.2, 0.25) is 0 Å². The summed E-state index contributed by atoms with van der Waals surface area (Å²) in [5, 5.41) is 6.00. The van der Waals surface area contributed by atoms with Crippen molar-refractivity contribution in [2.24, 2.45) is 5.10 Å². The van der Waals surface area contributed by atoms with E-state index in [0.717, 1.165) is 24.2 Å². The number of furan rings is 1. The van der Waals surface area contributed by atoms with Crippen LogP contribution >= 0.6 is 0 Å². The summed E-state index contributed by atoms with van der Waals surface area (Å²) in [4.78, 5) is 30.7. The van der Waals surface area contributed by atoms with Crippen LogP contribution in [0, 0.1) is 12.7 Å². The lowest BCUT2D eigenvalue weighted by molar-refractivity contribution is -0.133. The van der Waals surface area contributed by atoms with Gasteiger partial charge < -0.3 is 14.1 Å². The number of nitrogens with zero attached hydrogens (tertiary/aromatic N) is 4. The van der Waals surface area contributed by atoms with Gasteiger partial charge in [0, 0.05) is 38.2 Å². The molecule has 1 saturated heterocycles. The van der Waals surface area contributed by atoms with Crippen molar-refractivity contribution in [3.63, 3.8) is 0 Å². The highest BCUT2D eigenvalue weighted by Crippen LogP contribution is 2.33. The molecular weight excluding hydrogens is 487 g/mol. The van der Waals surface area contributed by atoms with E-state index < -0.39 is 6.04 Å². The van der Waals surface area contributed by atoms with Crippen molar-refractivity contribution < 1.29 is 23.1 Å². The van der Waals surface area contributed by atoms with Crippen LogP contribution < -0.4 is 0 Å². The predicted molar refractivity (Wildman–Crippen MR) is 140 cm³/mol. The molecule has 2 aliphatic rings. The van der Waals surface area contributed by atoms with Crippen LogP contribution in [0.1, 0.15) is 39.7 Å². The Hall–Kier alpha value is -3.82. The molecule has 9 heteroatoms. The van der Waals surface area contributed by atoms with Crippen LogP contribution in [-0.2, 0) is 9.53 Å². The number of hydrazone groups is 1. The molecule has 8 nitrogen and oxygen atoms in total. The third-order valence-electron chi connectivity index (χ3n) is 6.95. The maximum absolute atomic E-state index is 14.6. The quantitative estimate of drug-likeness (QED) is 0.452. The van der Waals surface area contributed by atoms with Crippen molar-refractivity contribution in [2.45, 2.75) is 19.4 Å². The lowest BCUT2D eigenvalue weighted by Crippen LogP contribution is -2.46. The van der Waals surface area contributed by atoms with Gasteiger partial charge >= 0.3 is 0 Å². The second-order valence-electron chi connectivity index (χ2n) is 9.55. The number of morpholine rings is 1. The Morgan fingerprint density at radius 2 is 1.82 bits per heavy atom. The Kier molecular flexibility index (Phi) is 7.95. The Balaban J connectivity index is 1.40. The molecule has 0 N–H and O–H groups in total. The normalized spacial score (nSPS) is 17.9. The van der Waals surface area contributed by atoms with Crippen molar-refractivity contribution >= 4 is 17.5 Å². The number of carbonyl (C=O) groups is 2. The minimum absolute atomic E-state index is 0.173. The molecule has 3 heterocycles. The molecule has 0 bridgehead atoms. The molecule has 0 unspecified atom stereocenters. The van der Waals surface area contributed by atoms with Gasteiger partial charge in [0.25, 0.3) is 11.8 Å². The van der Waals surface area contributed by atoms with Gasteiger partial charge in [-0.3, -0.25) is 14.5 Å². The highest BCUT2D eigenvalue weighted by Gasteiger charge is 2.35. The summed E-state index contributed by atoms with van der Waals surface area (Å²) in [5.74, 6) is -0.917. The van der Waals surface area contributed by atoms with Crippen molar-refractivity contribution in [3.8, 4) is 0 Å². The number of carbonyl (C=O) groups excluding carboxylic acids is 2. The summed E-state index contributed by atoms with van der Waals surface area (Å²) < 4.78 is 25.4. The molecule has 3 aromatic rings. The fraction of sp³-hybridized carbons (Fsp3) is 0.345. The van der Waals surface area contributed by atoms with Crippen molar-refractivity contribution in [3.05, 3.63) is 95.2 Å². The number of rotatable bonds is 8. The van der Waals surface area contributed by atoms with Gasteiger partial charge in [0.1, 0.15) is 12.4 Å². The minimum atomic E-state index is -0.405. The zero-order valence-electron chi connectivity index (χ0n) is 21.4. The third kappa shape index (κ3) is 5.84. The number of halogens is 1. The topological polar surface area (TPSA) is 78.6 Å². The number of benzene rings is 2. The van der Waals surface area contributed by atoms with Gasteiger partial charge in [0.05, 0.1) is 31.2 Å². The Labute approximate surface area is 221 Å². The highest BCUT2D eigenvalue weighted by atomic mass is 19.1. The highest BCUT2D eigenvalue weighted by molar-refractivity contribution is 6.03. The monoisotopic (exact) mass is 518 g/mol. The average Bonchev–Trinajstić information content (AvgIpc) is 3.63. The van der Waals surface area contributed by atoms with Crippen LogP contribution in [0.4, 0.5) is 4.39 Å². The molecule has 5 rings (SSSR count). The number of hydrogen-bond donors (Lipinski definition) is 0. The van der Waals surface area contributed by atoms with Gasteiger partial charge in [-0.25, -0.2) is 9.40 Å². The van der Waals surface area contributed by atoms with Gasteiger partial charge in [0.15, 0.2) is 5.76 Å². The molecule has 0 aliphatic carbocycles. The molecule has 2 aromatic carbocycles. The molecule has 1 fully saturated rings. The smallest absolute Gasteiger partial charge is 0.290 e. The first-order chi connectivity index (χ1) is 18.5. The average molecular weight is 519 g/mol. The molecule has 0 spiro atoms. The van der Waals surface area contributed by atoms with E-state index in [1.165, 1.54) is 22.2 Å². The molecule has 2 amide bonds. The van der Waals surface area contributed by atoms with E-state index >= 15 is 0 Å². The van der Waals surface area contributed by atoms with E-state index in [9.17, 15) is 14.0 Å². The molecule has 1 atom stereocenters. The third-order valence-corrected chi connectivity index (χ3v) is 6.95. The van der Waals surface area contributed by atoms with E-state index in [4.69, 9.17) is 9.15 Å². The number of amides is 2. The fourth-order valence-electron chi connectivity index (χ4n) is 4.78. The number of ether oxygens (including phenoxy) is 1. The van der Waals surface area contributed by atoms with E-state index in [0.29, 0.717) is 44.0 Å². The summed E-state index contributed by atoms with van der Waals surface area (Å²) >= 11 is 0. The molecule has 0 saturated carbocycles. The van der Waals surface area contributed by atoms with Crippen molar-refractivity contribution in [1.82, 2.24) is 14.8 Å². The van der Waals surface area contributed by atoms with Gasteiger partial charge in [-0.2, -0.15) is 5.10 Å². The Morgan fingerprint density at radius 3 is 2.53 bits per heavy atom. The first-order valence-electron chi connectivity index (χ1n) is 12.8. The molecular formula is C29H31FN4O4. The number of hydrogen-bond acceptors (Lipinski definition) is 6. The summed E-state index contributed by atoms with van der Waals surface area (Å²) in [6.45, 7) is 5.60. The first-order valence-corrected chi connectivity index (χ1v) is 12.8. The van der Waals surface area contributed by atoms with Crippen LogP contribution in [0.25, 0.3) is 0 Å². The van der Waals surface area contributed by atoms with Crippen LogP contribution in [0.5, 0.6) is 0 Å². The van der Waals surface area contributed by atoms with Gasteiger partial charge in [-0.05, 0) is 30.7 Å². The van der Waals surface area contributed by atoms with Crippen LogP contribution in [-0.4, -0.2) is 78.3 Å². The summed E-state index contributed by atoms with van der Waals surface area (Å²) in [7, 11) is 0. The lowest BCUT2D eigenvalue weighted by atomic mass is 9.97. The van der Waals surface area contributed by atoms with Crippen LogP contribution in [0.2, 0.25) is 0 Å². The van der Waals surface area contributed by atoms with Crippen molar-refractivity contribution in [2.75, 3.05) is 45.9 Å². The minimum Gasteiger partial charge on any atom is -0.459 e. The molecule has 2 aliphatic heterocycles. The SMILES string of the molecule is Cc1ccc([C@@H]2CC(c3ccccc3F)=NN2C(=O)CN(CCN2CCOCC2)C(=O)c2ccco2)cc1. The predicted octanol–water partition coefficient (Wildman–Crippen LogP) is 3.88. The van der Waals surface area contributed by atoms with E-state index in [2.05, 4.69) is 10.0 Å². The lowest BCUT2D eigenvalue weighted by Gasteiger charge is -2.30. The second kappa shape index (κ2) is 11.7. The molecule has 1 aromatic heterocycles. The fourth-order valence-corrected chi connectivity index (χ4v) is 4.78. The molecule has 38 heavy (non-hydrogen) atoms. The van der Waals surface area contributed by atoms with Gasteiger partial charge in [-0.1, -0.05) is 48.0 Å². The van der Waals surface area contributed by atoms with E-state index in [1.807, 2.05) is 31.2 Å². The Morgan fingerprint density at radius 1 is 1.05 bits per heavy atom. The van der Waals surface area contributed by atoms with E-state index in [1.54, 1.807) is 30.3 Å². The maximum atomic E-state index is 14.6. The van der Waals surface area contributed by atoms with Gasteiger partial charge in [-0.15, -0.1) is 0 Å². The standard InChI is InChI=1S/C29H31FN4O4/c1-21-8-10-22(11-9-21)26-19-25(23-5-2-3-6-24(23)30)31-34(26)28(35)20-33(29(36)27-7-4-16-38-27)13-12-32-14-17-37-18-15-32/h2-11,16,26H,12-15,17-20H2,1H3/t26-/m0/s1. The maximum Gasteiger partial charge on any atom is 0.290 e. The molecule has 198 valence electrons. The summed E-state index contributed by atoms with van der Waals surface area (Å²) in [6, 6.07) is 17.2. The molecule has 0 radical (unpaired) electrons. The number of aryl methyl sites for hydroxylation is 1. The van der Waals surface area contributed by atoms with E-state index in [-0.39, 0.29) is 29.9 Å².